The van der Waals surface area contributed by atoms with Gasteiger partial charge in [0.15, 0.2) is 0 Å². The zero-order valence-corrected chi connectivity index (χ0v) is 6.52. The molecule has 0 aromatic rings. The Balaban J connectivity index is 3.88. The van der Waals surface area contributed by atoms with E-state index in [0.717, 1.165) is 6.42 Å². The minimum absolute atomic E-state index is 0.0880. The van der Waals surface area contributed by atoms with Gasteiger partial charge < -0.3 is 0 Å². The Morgan fingerprint density at radius 3 is 2.30 bits per heavy atom. The van der Waals surface area contributed by atoms with Crippen LogP contribution in [0.3, 0.4) is 0 Å². The van der Waals surface area contributed by atoms with Gasteiger partial charge in [-0.15, -0.1) is 0 Å². The Hall–Kier alpha value is -0.420. The van der Waals surface area contributed by atoms with Crippen molar-refractivity contribution in [2.45, 2.75) is 26.2 Å². The normalized spacial score (nSPS) is 11.4. The molecule has 4 nitrogen and oxygen atoms in total. The van der Waals surface area contributed by atoms with Gasteiger partial charge in [-0.3, -0.25) is 9.35 Å². The van der Waals surface area contributed by atoms with Gasteiger partial charge >= 0.3 is 10.1 Å². The van der Waals surface area contributed by atoms with E-state index in [4.69, 9.17) is 4.55 Å². The van der Waals surface area contributed by atoms with Crippen molar-refractivity contribution in [2.24, 2.45) is 0 Å². The fourth-order valence-corrected chi connectivity index (χ4v) is 0.852. The first-order valence-corrected chi connectivity index (χ1v) is 4.42. The van der Waals surface area contributed by atoms with Gasteiger partial charge in [-0.05, 0) is 6.42 Å². The molecule has 10 heavy (non-hydrogen) atoms. The highest BCUT2D eigenvalue weighted by Crippen LogP contribution is 1.98. The Morgan fingerprint density at radius 2 is 2.00 bits per heavy atom. The molecule has 0 aromatic heterocycles. The highest BCUT2D eigenvalue weighted by Gasteiger charge is 2.16. The fraction of sp³-hybridized carbons (Fsp3) is 0.800. The summed E-state index contributed by atoms with van der Waals surface area (Å²) >= 11 is 0. The van der Waals surface area contributed by atoms with Crippen molar-refractivity contribution in [3.63, 3.8) is 0 Å². The van der Waals surface area contributed by atoms with Crippen LogP contribution in [0.5, 0.6) is 0 Å². The molecule has 0 saturated heterocycles. The Kier molecular flexibility index (Phi) is 3.52. The molecule has 0 rings (SSSR count). The van der Waals surface area contributed by atoms with E-state index in [1.165, 1.54) is 0 Å². The molecule has 0 fully saturated rings. The van der Waals surface area contributed by atoms with Crippen molar-refractivity contribution < 1.29 is 17.8 Å². The molecule has 60 valence electrons. The second-order valence-corrected chi connectivity index (χ2v) is 3.36. The van der Waals surface area contributed by atoms with Crippen molar-refractivity contribution >= 4 is 15.2 Å². The smallest absolute Gasteiger partial charge is 0.280 e. The van der Waals surface area contributed by atoms with E-state index < -0.39 is 15.2 Å². The van der Waals surface area contributed by atoms with Gasteiger partial charge in [-0.25, -0.2) is 0 Å². The second kappa shape index (κ2) is 3.68. The van der Waals surface area contributed by atoms with Gasteiger partial charge in [0, 0.05) is 6.42 Å². The van der Waals surface area contributed by atoms with E-state index in [2.05, 4.69) is 0 Å². The lowest BCUT2D eigenvalue weighted by molar-refractivity contribution is -0.112. The summed E-state index contributed by atoms with van der Waals surface area (Å²) in [5, 5.41) is -1.09. The minimum atomic E-state index is -4.41. The van der Waals surface area contributed by atoms with Crippen LogP contribution >= 0.6 is 0 Å². The summed E-state index contributed by atoms with van der Waals surface area (Å²) in [7, 11) is -4.41. The van der Waals surface area contributed by atoms with Crippen LogP contribution in [-0.4, -0.2) is 18.1 Å². The fourth-order valence-electron chi connectivity index (χ4n) is 0.450. The highest BCUT2D eigenvalue weighted by atomic mass is 32.2. The molecule has 0 spiro atoms. The maximum Gasteiger partial charge on any atom is 0.328 e. The minimum Gasteiger partial charge on any atom is -0.280 e. The van der Waals surface area contributed by atoms with Crippen LogP contribution in [-0.2, 0) is 14.9 Å². The third-order valence-corrected chi connectivity index (χ3v) is 1.80. The molecule has 0 amide bonds. The summed E-state index contributed by atoms with van der Waals surface area (Å²) in [6, 6.07) is 0. The summed E-state index contributed by atoms with van der Waals surface area (Å²) in [6.45, 7) is 1.83. The topological polar surface area (TPSA) is 71.4 Å². The van der Waals surface area contributed by atoms with Crippen LogP contribution in [0.2, 0.25) is 0 Å². The van der Waals surface area contributed by atoms with Gasteiger partial charge in [-0.1, -0.05) is 13.3 Å². The van der Waals surface area contributed by atoms with Crippen LogP contribution in [0.1, 0.15) is 26.2 Å². The van der Waals surface area contributed by atoms with E-state index in [-0.39, 0.29) is 6.42 Å². The van der Waals surface area contributed by atoms with Crippen molar-refractivity contribution in [1.29, 1.82) is 0 Å². The lowest BCUT2D eigenvalue weighted by atomic mass is 10.3. The van der Waals surface area contributed by atoms with Gasteiger partial charge in [0.1, 0.15) is 0 Å². The quantitative estimate of drug-likeness (QED) is 0.623. The standard InChI is InChI=1S/C5H10O4S/c1-2-3-4-5(6)10(7,8)9/h2-4H2,1H3,(H,7,8,9). The average Bonchev–Trinajstić information content (AvgIpc) is 1.80. The maximum absolute atomic E-state index is 10.4. The summed E-state index contributed by atoms with van der Waals surface area (Å²) in [5.41, 5.74) is 0. The van der Waals surface area contributed by atoms with Crippen LogP contribution in [0.4, 0.5) is 0 Å². The predicted octanol–water partition coefficient (Wildman–Crippen LogP) is 0.591. The number of carbonyl (C=O) groups is 1. The van der Waals surface area contributed by atoms with Gasteiger partial charge in [0.05, 0.1) is 0 Å². The van der Waals surface area contributed by atoms with Crippen molar-refractivity contribution in [1.82, 2.24) is 0 Å². The lowest BCUT2D eigenvalue weighted by Gasteiger charge is -1.92. The molecule has 5 heteroatoms. The first kappa shape index (κ1) is 9.58. The van der Waals surface area contributed by atoms with E-state index in [1.54, 1.807) is 0 Å². The summed E-state index contributed by atoms with van der Waals surface area (Å²) in [5.74, 6) is 0. The summed E-state index contributed by atoms with van der Waals surface area (Å²) in [4.78, 5) is 10.4. The monoisotopic (exact) mass is 166 g/mol. The zero-order valence-electron chi connectivity index (χ0n) is 5.70. The van der Waals surface area contributed by atoms with Crippen molar-refractivity contribution in [3.8, 4) is 0 Å². The van der Waals surface area contributed by atoms with E-state index >= 15 is 0 Å². The largest absolute Gasteiger partial charge is 0.328 e. The Bertz CT molecular complexity index is 204. The lowest BCUT2D eigenvalue weighted by Crippen LogP contribution is -2.12. The molecule has 0 aliphatic carbocycles. The molecule has 0 aliphatic rings. The molecular formula is C5H10O4S. The maximum atomic E-state index is 10.4. The Morgan fingerprint density at radius 1 is 1.50 bits per heavy atom. The molecular weight excluding hydrogens is 156 g/mol. The first-order chi connectivity index (χ1) is 4.48. The Labute approximate surface area is 60.0 Å². The molecule has 0 heterocycles. The molecule has 0 atom stereocenters. The number of carbonyl (C=O) groups excluding carboxylic acids is 1. The van der Waals surface area contributed by atoms with Gasteiger partial charge in [0.2, 0.25) is 0 Å². The molecule has 0 bridgehead atoms. The van der Waals surface area contributed by atoms with Crippen LogP contribution in [0.25, 0.3) is 0 Å². The average molecular weight is 166 g/mol. The van der Waals surface area contributed by atoms with E-state index in [1.807, 2.05) is 6.92 Å². The van der Waals surface area contributed by atoms with Gasteiger partial charge in [-0.2, -0.15) is 8.42 Å². The SMILES string of the molecule is CCCCC(=O)S(=O)(=O)O. The van der Waals surface area contributed by atoms with Gasteiger partial charge in [0.25, 0.3) is 5.12 Å². The molecule has 0 saturated carbocycles. The number of hydrogen-bond acceptors (Lipinski definition) is 3. The highest BCUT2D eigenvalue weighted by molar-refractivity contribution is 8.01. The van der Waals surface area contributed by atoms with Crippen molar-refractivity contribution in [2.75, 3.05) is 0 Å². The molecule has 0 aromatic carbocycles. The summed E-state index contributed by atoms with van der Waals surface area (Å²) in [6.07, 6.45) is 1.15. The zero-order chi connectivity index (χ0) is 8.20. The van der Waals surface area contributed by atoms with Crippen LogP contribution in [0, 0.1) is 0 Å². The van der Waals surface area contributed by atoms with E-state index in [0.29, 0.717) is 6.42 Å². The van der Waals surface area contributed by atoms with Crippen molar-refractivity contribution in [3.05, 3.63) is 0 Å². The first-order valence-electron chi connectivity index (χ1n) is 2.98. The molecule has 0 aliphatic heterocycles. The number of hydrogen-bond donors (Lipinski definition) is 1. The van der Waals surface area contributed by atoms with Crippen LogP contribution < -0.4 is 0 Å². The molecule has 0 radical (unpaired) electrons. The third-order valence-electron chi connectivity index (χ3n) is 1.02. The predicted molar refractivity (Wildman–Crippen MR) is 36.1 cm³/mol. The number of unbranched alkanes of at least 4 members (excludes halogenated alkanes) is 1. The van der Waals surface area contributed by atoms with Crippen LogP contribution in [0.15, 0.2) is 0 Å². The molecule has 0 unspecified atom stereocenters. The number of rotatable bonds is 3. The summed E-state index contributed by atoms with van der Waals surface area (Å²) < 4.78 is 28.2. The second-order valence-electron chi connectivity index (χ2n) is 1.95. The third kappa shape index (κ3) is 3.58. The molecule has 1 N–H and O–H groups in total. The van der Waals surface area contributed by atoms with E-state index in [9.17, 15) is 13.2 Å².